The highest BCUT2D eigenvalue weighted by molar-refractivity contribution is 7.80. The fraction of sp³-hybridized carbons (Fsp3) is 0.381. The van der Waals surface area contributed by atoms with Crippen LogP contribution in [0.3, 0.4) is 0 Å². The van der Waals surface area contributed by atoms with Crippen molar-refractivity contribution in [2.24, 2.45) is 0 Å². The Balaban J connectivity index is 1.73. The van der Waals surface area contributed by atoms with E-state index in [0.29, 0.717) is 11.2 Å². The van der Waals surface area contributed by atoms with E-state index in [0.717, 1.165) is 24.9 Å². The van der Waals surface area contributed by atoms with E-state index in [1.807, 2.05) is 0 Å². The molecule has 1 atom stereocenters. The Morgan fingerprint density at radius 3 is 2.29 bits per heavy atom. The Morgan fingerprint density at radius 2 is 1.62 bits per heavy atom. The second kappa shape index (κ2) is 10.1. The van der Waals surface area contributed by atoms with Gasteiger partial charge in [-0.05, 0) is 68.1 Å². The first-order chi connectivity index (χ1) is 11.7. The minimum absolute atomic E-state index is 0.342. The van der Waals surface area contributed by atoms with Crippen molar-refractivity contribution in [3.8, 4) is 0 Å². The maximum Gasteiger partial charge on any atom is 0.170 e. The Bertz CT molecular complexity index is 607. The standard InChI is InChI=1S/C21H28N2S/c1-3-4-8-19-13-15-20(16-14-19)23-21(24)22-17(2)11-12-18-9-6-5-7-10-18/h5-7,9-10,13-17H,3-4,8,11-12H2,1-2H3,(H2,22,23,24). The predicted molar refractivity (Wildman–Crippen MR) is 109 cm³/mol. The topological polar surface area (TPSA) is 24.1 Å². The molecule has 2 nitrogen and oxygen atoms in total. The average molecular weight is 341 g/mol. The summed E-state index contributed by atoms with van der Waals surface area (Å²) < 4.78 is 0. The molecule has 1 unspecified atom stereocenters. The Kier molecular flexibility index (Phi) is 7.76. The van der Waals surface area contributed by atoms with Crippen LogP contribution in [0.5, 0.6) is 0 Å². The van der Waals surface area contributed by atoms with Gasteiger partial charge in [-0.3, -0.25) is 0 Å². The number of rotatable bonds is 8. The molecule has 0 radical (unpaired) electrons. The molecule has 2 aromatic carbocycles. The van der Waals surface area contributed by atoms with Crippen molar-refractivity contribution in [1.29, 1.82) is 0 Å². The van der Waals surface area contributed by atoms with Gasteiger partial charge in [-0.25, -0.2) is 0 Å². The summed E-state index contributed by atoms with van der Waals surface area (Å²) in [7, 11) is 0. The normalized spacial score (nSPS) is 11.8. The maximum atomic E-state index is 5.42. The molecule has 2 rings (SSSR count). The van der Waals surface area contributed by atoms with Crippen LogP contribution in [0.2, 0.25) is 0 Å². The van der Waals surface area contributed by atoms with E-state index < -0.39 is 0 Å². The van der Waals surface area contributed by atoms with Crippen LogP contribution in [-0.4, -0.2) is 11.2 Å². The van der Waals surface area contributed by atoms with Crippen LogP contribution in [0.4, 0.5) is 5.69 Å². The summed E-state index contributed by atoms with van der Waals surface area (Å²) in [6.45, 7) is 4.39. The zero-order valence-corrected chi connectivity index (χ0v) is 15.5. The quantitative estimate of drug-likeness (QED) is 0.635. The third kappa shape index (κ3) is 6.71. The van der Waals surface area contributed by atoms with Gasteiger partial charge in [0.05, 0.1) is 0 Å². The first kappa shape index (κ1) is 18.5. The minimum Gasteiger partial charge on any atom is -0.360 e. The van der Waals surface area contributed by atoms with Gasteiger partial charge in [-0.1, -0.05) is 55.8 Å². The summed E-state index contributed by atoms with van der Waals surface area (Å²) in [6, 6.07) is 19.5. The summed E-state index contributed by atoms with van der Waals surface area (Å²) in [5.41, 5.74) is 3.80. The molecule has 0 aromatic heterocycles. The molecule has 0 bridgehead atoms. The fourth-order valence-electron chi connectivity index (χ4n) is 2.63. The van der Waals surface area contributed by atoms with E-state index in [2.05, 4.69) is 79.1 Å². The van der Waals surface area contributed by atoms with Crippen LogP contribution in [0.25, 0.3) is 0 Å². The number of anilines is 1. The number of thiocarbonyl (C=S) groups is 1. The second-order valence-corrected chi connectivity index (χ2v) is 6.73. The summed E-state index contributed by atoms with van der Waals surface area (Å²) in [5, 5.41) is 7.33. The summed E-state index contributed by atoms with van der Waals surface area (Å²) in [6.07, 6.45) is 5.74. The molecule has 24 heavy (non-hydrogen) atoms. The van der Waals surface area contributed by atoms with Crippen molar-refractivity contribution in [1.82, 2.24) is 5.32 Å². The lowest BCUT2D eigenvalue weighted by Crippen LogP contribution is -2.36. The summed E-state index contributed by atoms with van der Waals surface area (Å²) >= 11 is 5.42. The molecule has 3 heteroatoms. The van der Waals surface area contributed by atoms with Crippen LogP contribution in [0.15, 0.2) is 54.6 Å². The van der Waals surface area contributed by atoms with Gasteiger partial charge in [0.15, 0.2) is 5.11 Å². The number of nitrogens with one attached hydrogen (secondary N) is 2. The summed E-state index contributed by atoms with van der Waals surface area (Å²) in [4.78, 5) is 0. The molecular formula is C21H28N2S. The second-order valence-electron chi connectivity index (χ2n) is 6.32. The third-order valence-electron chi connectivity index (χ3n) is 4.12. The lowest BCUT2D eigenvalue weighted by Gasteiger charge is -2.17. The average Bonchev–Trinajstić information content (AvgIpc) is 2.60. The van der Waals surface area contributed by atoms with Crippen LogP contribution in [0.1, 0.15) is 44.2 Å². The van der Waals surface area contributed by atoms with Gasteiger partial charge >= 0.3 is 0 Å². The molecule has 0 aliphatic rings. The van der Waals surface area contributed by atoms with E-state index >= 15 is 0 Å². The van der Waals surface area contributed by atoms with Crippen molar-refractivity contribution in [2.75, 3.05) is 5.32 Å². The number of benzene rings is 2. The van der Waals surface area contributed by atoms with Gasteiger partial charge in [0.2, 0.25) is 0 Å². The number of aryl methyl sites for hydroxylation is 2. The molecule has 0 saturated heterocycles. The first-order valence-corrected chi connectivity index (χ1v) is 9.28. The first-order valence-electron chi connectivity index (χ1n) is 8.87. The number of unbranched alkanes of at least 4 members (excludes halogenated alkanes) is 1. The molecule has 0 spiro atoms. The summed E-state index contributed by atoms with van der Waals surface area (Å²) in [5.74, 6) is 0. The molecule has 0 aliphatic carbocycles. The molecular weight excluding hydrogens is 312 g/mol. The van der Waals surface area contributed by atoms with Crippen molar-refractivity contribution < 1.29 is 0 Å². The zero-order valence-electron chi connectivity index (χ0n) is 14.7. The minimum atomic E-state index is 0.342. The van der Waals surface area contributed by atoms with Gasteiger partial charge in [-0.2, -0.15) is 0 Å². The number of hydrogen-bond donors (Lipinski definition) is 2. The lowest BCUT2D eigenvalue weighted by molar-refractivity contribution is 0.609. The molecule has 0 heterocycles. The highest BCUT2D eigenvalue weighted by Gasteiger charge is 2.05. The van der Waals surface area contributed by atoms with Crippen LogP contribution < -0.4 is 10.6 Å². The van der Waals surface area contributed by atoms with Crippen molar-refractivity contribution >= 4 is 23.0 Å². The molecule has 2 N–H and O–H groups in total. The van der Waals surface area contributed by atoms with Gasteiger partial charge in [0, 0.05) is 11.7 Å². The highest BCUT2D eigenvalue weighted by Crippen LogP contribution is 2.12. The highest BCUT2D eigenvalue weighted by atomic mass is 32.1. The smallest absolute Gasteiger partial charge is 0.170 e. The van der Waals surface area contributed by atoms with Crippen LogP contribution in [0, 0.1) is 0 Å². The monoisotopic (exact) mass is 340 g/mol. The van der Waals surface area contributed by atoms with E-state index in [4.69, 9.17) is 12.2 Å². The Morgan fingerprint density at radius 1 is 0.958 bits per heavy atom. The SMILES string of the molecule is CCCCc1ccc(NC(=S)NC(C)CCc2ccccc2)cc1. The van der Waals surface area contributed by atoms with Crippen LogP contribution in [-0.2, 0) is 12.8 Å². The fourth-order valence-corrected chi connectivity index (χ4v) is 2.95. The van der Waals surface area contributed by atoms with Gasteiger partial charge < -0.3 is 10.6 Å². The van der Waals surface area contributed by atoms with Gasteiger partial charge in [0.25, 0.3) is 0 Å². The van der Waals surface area contributed by atoms with E-state index in [9.17, 15) is 0 Å². The largest absolute Gasteiger partial charge is 0.360 e. The van der Waals surface area contributed by atoms with Crippen molar-refractivity contribution in [2.45, 2.75) is 52.0 Å². The number of hydrogen-bond acceptors (Lipinski definition) is 1. The molecule has 0 fully saturated rings. The van der Waals surface area contributed by atoms with Crippen molar-refractivity contribution in [3.05, 3.63) is 65.7 Å². The Labute approximate surface area is 151 Å². The van der Waals surface area contributed by atoms with E-state index in [1.54, 1.807) is 0 Å². The molecule has 2 aromatic rings. The Hall–Kier alpha value is -1.87. The molecule has 0 saturated carbocycles. The molecule has 0 amide bonds. The lowest BCUT2D eigenvalue weighted by atomic mass is 10.1. The maximum absolute atomic E-state index is 5.42. The molecule has 128 valence electrons. The van der Waals surface area contributed by atoms with Gasteiger partial charge in [0.1, 0.15) is 0 Å². The van der Waals surface area contributed by atoms with Crippen molar-refractivity contribution in [3.63, 3.8) is 0 Å². The van der Waals surface area contributed by atoms with Gasteiger partial charge in [-0.15, -0.1) is 0 Å². The third-order valence-corrected chi connectivity index (χ3v) is 4.34. The van der Waals surface area contributed by atoms with E-state index in [-0.39, 0.29) is 0 Å². The predicted octanol–water partition coefficient (Wildman–Crippen LogP) is 5.34. The van der Waals surface area contributed by atoms with E-state index in [1.165, 1.54) is 24.0 Å². The zero-order chi connectivity index (χ0) is 17.2. The van der Waals surface area contributed by atoms with Crippen LogP contribution >= 0.6 is 12.2 Å². The molecule has 0 aliphatic heterocycles.